The van der Waals surface area contributed by atoms with E-state index in [4.69, 9.17) is 24.3 Å². The Kier molecular flexibility index (Phi) is 9.62. The van der Waals surface area contributed by atoms with E-state index in [0.717, 1.165) is 53.9 Å². The van der Waals surface area contributed by atoms with Crippen LogP contribution in [-0.2, 0) is 4.79 Å². The first-order valence-electron chi connectivity index (χ1n) is 13.3. The standard InChI is InChI=1S/C32H36N2O5/c1-23(31(35)36)14-8-4-5-13-21-39-32-33-29(24-15-9-6-10-16-24)30(25-17-11-7-12-18-25)34(32)26-19-20-27(37-2)28(22-26)38-3/h6-7,9-12,15-20,22-23H,4-5,8,13-14,21H2,1-3H3,(H,35,36). The monoisotopic (exact) mass is 528 g/mol. The summed E-state index contributed by atoms with van der Waals surface area (Å²) in [6, 6.07) is 26.6. The van der Waals surface area contributed by atoms with E-state index in [1.54, 1.807) is 21.1 Å². The van der Waals surface area contributed by atoms with E-state index in [2.05, 4.69) is 24.3 Å². The molecule has 0 radical (unpaired) electrons. The van der Waals surface area contributed by atoms with Crippen LogP contribution in [0.2, 0.25) is 0 Å². The normalized spacial score (nSPS) is 11.7. The number of nitrogens with zero attached hydrogens (tertiary/aromatic N) is 2. The summed E-state index contributed by atoms with van der Waals surface area (Å²) in [6.07, 6.45) is 4.36. The zero-order valence-corrected chi connectivity index (χ0v) is 22.8. The maximum absolute atomic E-state index is 11.0. The second-order valence-corrected chi connectivity index (χ2v) is 9.49. The number of carboxylic acid groups (broad SMARTS) is 1. The fourth-order valence-electron chi connectivity index (χ4n) is 4.55. The molecular formula is C32H36N2O5. The van der Waals surface area contributed by atoms with Gasteiger partial charge >= 0.3 is 12.0 Å². The van der Waals surface area contributed by atoms with Gasteiger partial charge in [0, 0.05) is 17.2 Å². The molecule has 4 rings (SSSR count). The Hall–Kier alpha value is -4.26. The maximum atomic E-state index is 11.0. The Morgan fingerprint density at radius 1 is 0.846 bits per heavy atom. The van der Waals surface area contributed by atoms with Gasteiger partial charge in [0.05, 0.1) is 38.1 Å². The number of hydrogen-bond donors (Lipinski definition) is 1. The number of aliphatic carboxylic acids is 1. The van der Waals surface area contributed by atoms with Crippen molar-refractivity contribution in [3.63, 3.8) is 0 Å². The number of unbranched alkanes of at least 4 members (excludes halogenated alkanes) is 3. The summed E-state index contributed by atoms with van der Waals surface area (Å²) in [6.45, 7) is 2.26. The Bertz CT molecular complexity index is 1350. The van der Waals surface area contributed by atoms with Gasteiger partial charge in [-0.2, -0.15) is 4.98 Å². The predicted octanol–water partition coefficient (Wildman–Crippen LogP) is 7.27. The van der Waals surface area contributed by atoms with Gasteiger partial charge in [0.25, 0.3) is 0 Å². The number of benzene rings is 3. The van der Waals surface area contributed by atoms with Gasteiger partial charge in [0.15, 0.2) is 11.5 Å². The average Bonchev–Trinajstić information content (AvgIpc) is 3.36. The van der Waals surface area contributed by atoms with E-state index in [1.807, 2.05) is 59.2 Å². The Balaban J connectivity index is 1.67. The molecule has 1 heterocycles. The van der Waals surface area contributed by atoms with Gasteiger partial charge in [-0.25, -0.2) is 0 Å². The molecule has 204 valence electrons. The number of rotatable bonds is 14. The number of ether oxygens (including phenoxy) is 3. The summed E-state index contributed by atoms with van der Waals surface area (Å²) >= 11 is 0. The number of carbonyl (C=O) groups is 1. The van der Waals surface area contributed by atoms with Gasteiger partial charge in [-0.1, -0.05) is 86.8 Å². The lowest BCUT2D eigenvalue weighted by Gasteiger charge is -2.16. The Labute approximate surface area is 230 Å². The summed E-state index contributed by atoms with van der Waals surface area (Å²) in [5.41, 5.74) is 4.61. The first kappa shape index (κ1) is 27.8. The third-order valence-corrected chi connectivity index (χ3v) is 6.75. The molecule has 0 fully saturated rings. The van der Waals surface area contributed by atoms with Crippen LogP contribution in [0.3, 0.4) is 0 Å². The van der Waals surface area contributed by atoms with Crippen LogP contribution in [0.5, 0.6) is 17.5 Å². The van der Waals surface area contributed by atoms with Crippen LogP contribution in [0.4, 0.5) is 0 Å². The highest BCUT2D eigenvalue weighted by molar-refractivity contribution is 5.81. The molecular weight excluding hydrogens is 492 g/mol. The minimum absolute atomic E-state index is 0.303. The number of hydrogen-bond acceptors (Lipinski definition) is 5. The molecule has 0 aliphatic carbocycles. The van der Waals surface area contributed by atoms with Gasteiger partial charge in [0.1, 0.15) is 5.69 Å². The SMILES string of the molecule is COc1ccc(-n2c(OCCCCCCC(C)C(=O)O)nc(-c3ccccc3)c2-c2ccccc2)cc1OC. The molecule has 1 atom stereocenters. The summed E-state index contributed by atoms with van der Waals surface area (Å²) < 4.78 is 19.5. The lowest BCUT2D eigenvalue weighted by Crippen LogP contribution is -2.09. The highest BCUT2D eigenvalue weighted by Gasteiger charge is 2.23. The number of methoxy groups -OCH3 is 2. The van der Waals surface area contributed by atoms with Crippen molar-refractivity contribution in [1.29, 1.82) is 0 Å². The molecule has 7 heteroatoms. The molecule has 0 saturated heterocycles. The van der Waals surface area contributed by atoms with Gasteiger partial charge in [-0.05, 0) is 25.0 Å². The van der Waals surface area contributed by atoms with Crippen molar-refractivity contribution in [3.8, 4) is 45.7 Å². The molecule has 7 nitrogen and oxygen atoms in total. The zero-order chi connectivity index (χ0) is 27.6. The van der Waals surface area contributed by atoms with Crippen LogP contribution in [0, 0.1) is 5.92 Å². The molecule has 1 aromatic heterocycles. The molecule has 39 heavy (non-hydrogen) atoms. The lowest BCUT2D eigenvalue weighted by molar-refractivity contribution is -0.141. The topological polar surface area (TPSA) is 82.8 Å². The molecule has 3 aromatic carbocycles. The van der Waals surface area contributed by atoms with E-state index >= 15 is 0 Å². The quantitative estimate of drug-likeness (QED) is 0.173. The third kappa shape index (κ3) is 6.79. The minimum atomic E-state index is -0.733. The average molecular weight is 529 g/mol. The van der Waals surface area contributed by atoms with Crippen LogP contribution in [0.15, 0.2) is 78.9 Å². The highest BCUT2D eigenvalue weighted by Crippen LogP contribution is 2.40. The van der Waals surface area contributed by atoms with Crippen molar-refractivity contribution in [3.05, 3.63) is 78.9 Å². The van der Waals surface area contributed by atoms with Crippen LogP contribution < -0.4 is 14.2 Å². The minimum Gasteiger partial charge on any atom is -0.493 e. The van der Waals surface area contributed by atoms with E-state index in [1.165, 1.54) is 0 Å². The van der Waals surface area contributed by atoms with E-state index in [-0.39, 0.29) is 5.92 Å². The molecule has 0 amide bonds. The van der Waals surface area contributed by atoms with E-state index in [0.29, 0.717) is 30.5 Å². The van der Waals surface area contributed by atoms with Crippen LogP contribution in [0.25, 0.3) is 28.2 Å². The largest absolute Gasteiger partial charge is 0.493 e. The third-order valence-electron chi connectivity index (χ3n) is 6.75. The second kappa shape index (κ2) is 13.5. The summed E-state index contributed by atoms with van der Waals surface area (Å²) in [7, 11) is 3.24. The van der Waals surface area contributed by atoms with Crippen molar-refractivity contribution < 1.29 is 24.1 Å². The Morgan fingerprint density at radius 2 is 1.49 bits per heavy atom. The molecule has 0 saturated carbocycles. The fourth-order valence-corrected chi connectivity index (χ4v) is 4.55. The first-order chi connectivity index (χ1) is 19.0. The van der Waals surface area contributed by atoms with Crippen molar-refractivity contribution in [2.24, 2.45) is 5.92 Å². The fraction of sp³-hybridized carbons (Fsp3) is 0.312. The van der Waals surface area contributed by atoms with Crippen LogP contribution in [0.1, 0.15) is 39.0 Å². The van der Waals surface area contributed by atoms with Crippen molar-refractivity contribution >= 4 is 5.97 Å². The van der Waals surface area contributed by atoms with Crippen molar-refractivity contribution in [2.45, 2.75) is 39.0 Å². The van der Waals surface area contributed by atoms with Crippen molar-refractivity contribution in [1.82, 2.24) is 9.55 Å². The maximum Gasteiger partial charge on any atom is 0.306 e. The lowest BCUT2D eigenvalue weighted by atomic mass is 10.0. The summed E-state index contributed by atoms with van der Waals surface area (Å²) in [5, 5.41) is 9.08. The summed E-state index contributed by atoms with van der Waals surface area (Å²) in [4.78, 5) is 16.0. The molecule has 4 aromatic rings. The van der Waals surface area contributed by atoms with Gasteiger partial charge < -0.3 is 19.3 Å². The Morgan fingerprint density at radius 3 is 2.13 bits per heavy atom. The van der Waals surface area contributed by atoms with Gasteiger partial charge in [-0.3, -0.25) is 9.36 Å². The molecule has 0 aliphatic heterocycles. The van der Waals surface area contributed by atoms with Crippen LogP contribution >= 0.6 is 0 Å². The molecule has 0 spiro atoms. The summed E-state index contributed by atoms with van der Waals surface area (Å²) in [5.74, 6) is 0.225. The number of carboxylic acids is 1. The van der Waals surface area contributed by atoms with E-state index < -0.39 is 5.97 Å². The predicted molar refractivity (Wildman–Crippen MR) is 153 cm³/mol. The van der Waals surface area contributed by atoms with Gasteiger partial charge in [-0.15, -0.1) is 0 Å². The molecule has 0 aliphatic rings. The number of aromatic nitrogens is 2. The molecule has 0 bridgehead atoms. The smallest absolute Gasteiger partial charge is 0.306 e. The van der Waals surface area contributed by atoms with Crippen LogP contribution in [-0.4, -0.2) is 41.5 Å². The molecule has 1 N–H and O–H groups in total. The van der Waals surface area contributed by atoms with Gasteiger partial charge in [0.2, 0.25) is 0 Å². The zero-order valence-electron chi connectivity index (χ0n) is 22.8. The second-order valence-electron chi connectivity index (χ2n) is 9.49. The first-order valence-corrected chi connectivity index (χ1v) is 13.3. The van der Waals surface area contributed by atoms with E-state index in [9.17, 15) is 4.79 Å². The highest BCUT2D eigenvalue weighted by atomic mass is 16.5. The van der Waals surface area contributed by atoms with Crippen molar-refractivity contribution in [2.75, 3.05) is 20.8 Å². The number of imidazole rings is 1. The molecule has 1 unspecified atom stereocenters.